The summed E-state index contributed by atoms with van der Waals surface area (Å²) in [6.45, 7) is 11.0. The molecule has 1 heterocycles. The third-order valence-corrected chi connectivity index (χ3v) is 5.28. The van der Waals surface area contributed by atoms with Crippen molar-refractivity contribution in [1.82, 2.24) is 9.66 Å². The van der Waals surface area contributed by atoms with Crippen LogP contribution in [0.5, 0.6) is 11.5 Å². The number of benzene rings is 2. The van der Waals surface area contributed by atoms with Crippen molar-refractivity contribution < 1.29 is 14.3 Å². The van der Waals surface area contributed by atoms with Crippen LogP contribution in [0.3, 0.4) is 0 Å². The second-order valence-corrected chi connectivity index (χ2v) is 9.42. The van der Waals surface area contributed by atoms with Gasteiger partial charge in [0.05, 0.1) is 24.2 Å². The first-order valence-electron chi connectivity index (χ1n) is 10.3. The molecular formula is C25H26BrN3O4. The van der Waals surface area contributed by atoms with Crippen LogP contribution in [-0.4, -0.2) is 29.0 Å². The van der Waals surface area contributed by atoms with E-state index in [1.807, 2.05) is 39.0 Å². The molecule has 0 aliphatic heterocycles. The van der Waals surface area contributed by atoms with Crippen LogP contribution in [0.4, 0.5) is 0 Å². The van der Waals surface area contributed by atoms with Gasteiger partial charge in [-0.25, -0.2) is 4.98 Å². The third-order valence-electron chi connectivity index (χ3n) is 4.79. The Hall–Kier alpha value is -3.26. The lowest BCUT2D eigenvalue weighted by Crippen LogP contribution is -2.29. The maximum atomic E-state index is 13.3. The highest BCUT2D eigenvalue weighted by Gasteiger charge is 2.23. The molecule has 0 radical (unpaired) electrons. The van der Waals surface area contributed by atoms with Crippen molar-refractivity contribution >= 4 is 39.0 Å². The predicted molar refractivity (Wildman–Crippen MR) is 134 cm³/mol. The fourth-order valence-corrected chi connectivity index (χ4v) is 3.70. The average Bonchev–Trinajstić information content (AvgIpc) is 2.73. The highest BCUT2D eigenvalue weighted by molar-refractivity contribution is 9.10. The summed E-state index contributed by atoms with van der Waals surface area (Å²) in [4.78, 5) is 29.6. The molecule has 0 aliphatic carbocycles. The summed E-state index contributed by atoms with van der Waals surface area (Å²) in [6.07, 6.45) is 3.73. The Bertz CT molecular complexity index is 1320. The largest absolute Gasteiger partial charge is 0.493 e. The fourth-order valence-electron chi connectivity index (χ4n) is 3.34. The number of rotatable bonds is 6. The summed E-state index contributed by atoms with van der Waals surface area (Å²) in [7, 11) is 1.49. The van der Waals surface area contributed by atoms with Crippen LogP contribution in [0.2, 0.25) is 0 Å². The van der Waals surface area contributed by atoms with Crippen molar-refractivity contribution in [2.24, 2.45) is 5.10 Å². The van der Waals surface area contributed by atoms with Gasteiger partial charge in [0, 0.05) is 22.4 Å². The molecule has 7 nitrogen and oxygen atoms in total. The zero-order valence-electron chi connectivity index (χ0n) is 19.3. The molecule has 0 bridgehead atoms. The number of carbonyl (C=O) groups is 1. The molecule has 0 saturated heterocycles. The maximum Gasteiger partial charge on any atom is 0.308 e. The SMILES string of the molecule is C=CCc1cc(C=Nn2c(C(C)(C)C)nc3ccc(Br)cc3c2=O)cc(OC)c1OC(C)=O. The number of halogens is 1. The van der Waals surface area contributed by atoms with Gasteiger partial charge in [0.1, 0.15) is 5.82 Å². The van der Waals surface area contributed by atoms with Gasteiger partial charge in [0.2, 0.25) is 0 Å². The van der Waals surface area contributed by atoms with E-state index in [9.17, 15) is 9.59 Å². The van der Waals surface area contributed by atoms with Crippen LogP contribution in [0.1, 0.15) is 44.6 Å². The van der Waals surface area contributed by atoms with Crippen molar-refractivity contribution in [2.45, 2.75) is 39.5 Å². The number of ether oxygens (including phenoxy) is 2. The van der Waals surface area contributed by atoms with Gasteiger partial charge in [-0.1, -0.05) is 42.8 Å². The number of nitrogens with zero attached hydrogens (tertiary/aromatic N) is 3. The summed E-state index contributed by atoms with van der Waals surface area (Å²) >= 11 is 3.41. The van der Waals surface area contributed by atoms with Gasteiger partial charge in [0.15, 0.2) is 11.5 Å². The molecule has 3 aromatic rings. The number of hydrogen-bond donors (Lipinski definition) is 0. The molecule has 2 aromatic carbocycles. The van der Waals surface area contributed by atoms with Gasteiger partial charge in [-0.2, -0.15) is 9.78 Å². The van der Waals surface area contributed by atoms with Crippen LogP contribution in [0.25, 0.3) is 10.9 Å². The summed E-state index contributed by atoms with van der Waals surface area (Å²) in [5.74, 6) is 0.810. The van der Waals surface area contributed by atoms with E-state index in [0.29, 0.717) is 45.8 Å². The number of fused-ring (bicyclic) bond motifs is 1. The minimum atomic E-state index is -0.449. The summed E-state index contributed by atoms with van der Waals surface area (Å²) in [5.41, 5.74) is 1.30. The number of carbonyl (C=O) groups excluding carboxylic acids is 1. The second-order valence-electron chi connectivity index (χ2n) is 8.51. The van der Waals surface area contributed by atoms with Gasteiger partial charge in [-0.3, -0.25) is 9.59 Å². The molecule has 0 fully saturated rings. The Labute approximate surface area is 200 Å². The molecular weight excluding hydrogens is 486 g/mol. The lowest BCUT2D eigenvalue weighted by molar-refractivity contribution is -0.132. The van der Waals surface area contributed by atoms with Crippen molar-refractivity contribution in [3.05, 3.63) is 74.8 Å². The first-order valence-corrected chi connectivity index (χ1v) is 11.1. The minimum Gasteiger partial charge on any atom is -0.493 e. The molecule has 0 aliphatic rings. The van der Waals surface area contributed by atoms with Crippen molar-refractivity contribution in [3.8, 4) is 11.5 Å². The topological polar surface area (TPSA) is 82.8 Å². The Morgan fingerprint density at radius 2 is 2.00 bits per heavy atom. The van der Waals surface area contributed by atoms with Crippen molar-refractivity contribution in [3.63, 3.8) is 0 Å². The van der Waals surface area contributed by atoms with Crippen molar-refractivity contribution in [2.75, 3.05) is 7.11 Å². The molecule has 1 aromatic heterocycles. The van der Waals surface area contributed by atoms with Crippen LogP contribution in [-0.2, 0) is 16.6 Å². The molecule has 0 saturated carbocycles. The van der Waals surface area contributed by atoms with E-state index in [1.165, 1.54) is 18.7 Å². The Kier molecular flexibility index (Phi) is 7.17. The normalized spacial score (nSPS) is 11.7. The lowest BCUT2D eigenvalue weighted by atomic mass is 9.95. The summed E-state index contributed by atoms with van der Waals surface area (Å²) < 4.78 is 12.9. The van der Waals surface area contributed by atoms with E-state index in [0.717, 1.165) is 4.47 Å². The molecule has 8 heteroatoms. The molecule has 33 heavy (non-hydrogen) atoms. The van der Waals surface area contributed by atoms with E-state index < -0.39 is 11.4 Å². The van der Waals surface area contributed by atoms with E-state index in [2.05, 4.69) is 27.6 Å². The summed E-state index contributed by atoms with van der Waals surface area (Å²) in [5, 5.41) is 4.96. The maximum absolute atomic E-state index is 13.3. The van der Waals surface area contributed by atoms with E-state index in [-0.39, 0.29) is 5.56 Å². The van der Waals surface area contributed by atoms with Gasteiger partial charge in [0.25, 0.3) is 5.56 Å². The predicted octanol–water partition coefficient (Wildman–Crippen LogP) is 5.00. The smallest absolute Gasteiger partial charge is 0.308 e. The van der Waals surface area contributed by atoms with Crippen LogP contribution in [0.15, 0.2) is 57.4 Å². The number of methoxy groups -OCH3 is 1. The monoisotopic (exact) mass is 511 g/mol. The van der Waals surface area contributed by atoms with Gasteiger partial charge in [-0.15, -0.1) is 6.58 Å². The molecule has 0 N–H and O–H groups in total. The van der Waals surface area contributed by atoms with Crippen LogP contribution < -0.4 is 15.0 Å². The molecule has 0 atom stereocenters. The second kappa shape index (κ2) is 9.70. The zero-order chi connectivity index (χ0) is 24.3. The Morgan fingerprint density at radius 3 is 2.61 bits per heavy atom. The van der Waals surface area contributed by atoms with Crippen LogP contribution >= 0.6 is 15.9 Å². The number of aromatic nitrogens is 2. The van der Waals surface area contributed by atoms with E-state index in [4.69, 9.17) is 14.5 Å². The third kappa shape index (κ3) is 5.39. The zero-order valence-corrected chi connectivity index (χ0v) is 20.9. The highest BCUT2D eigenvalue weighted by atomic mass is 79.9. The fraction of sp³-hybridized carbons (Fsp3) is 0.280. The lowest BCUT2D eigenvalue weighted by Gasteiger charge is -2.21. The Balaban J connectivity index is 2.20. The van der Waals surface area contributed by atoms with Gasteiger partial charge in [-0.05, 0) is 42.3 Å². The number of hydrogen-bond acceptors (Lipinski definition) is 6. The van der Waals surface area contributed by atoms with Gasteiger partial charge < -0.3 is 9.47 Å². The first-order chi connectivity index (χ1) is 15.5. The summed E-state index contributed by atoms with van der Waals surface area (Å²) in [6, 6.07) is 8.92. The quantitative estimate of drug-likeness (QED) is 0.201. The minimum absolute atomic E-state index is 0.266. The first kappa shape index (κ1) is 24.4. The Morgan fingerprint density at radius 1 is 1.27 bits per heavy atom. The standard InChI is InChI=1S/C25H26BrN3O4/c1-7-8-17-11-16(12-21(32-6)22(17)33-15(2)30)14-27-29-23(31)19-13-18(26)9-10-20(19)28-24(29)25(3,4)5/h7,9-14H,1,8H2,2-6H3. The average molecular weight is 512 g/mol. The van der Waals surface area contributed by atoms with Crippen molar-refractivity contribution in [1.29, 1.82) is 0 Å². The van der Waals surface area contributed by atoms with Crippen LogP contribution in [0, 0.1) is 0 Å². The molecule has 0 amide bonds. The molecule has 3 rings (SSSR count). The van der Waals surface area contributed by atoms with Gasteiger partial charge >= 0.3 is 5.97 Å². The van der Waals surface area contributed by atoms with E-state index >= 15 is 0 Å². The number of allylic oxidation sites excluding steroid dienone is 1. The molecule has 0 spiro atoms. The number of esters is 1. The highest BCUT2D eigenvalue weighted by Crippen LogP contribution is 2.33. The molecule has 172 valence electrons. The molecule has 0 unspecified atom stereocenters. The van der Waals surface area contributed by atoms with E-state index in [1.54, 1.807) is 24.4 Å².